The number of hydrogen-bond acceptors (Lipinski definition) is 3. The molecule has 3 rings (SSSR count). The summed E-state index contributed by atoms with van der Waals surface area (Å²) >= 11 is 1.65. The fourth-order valence-electron chi connectivity index (χ4n) is 2.49. The number of guanidine groups is 1. The predicted octanol–water partition coefficient (Wildman–Crippen LogP) is 2.00. The average Bonchev–Trinajstić information content (AvgIpc) is 3.10. The van der Waals surface area contributed by atoms with Gasteiger partial charge in [0.25, 0.3) is 0 Å². The summed E-state index contributed by atoms with van der Waals surface area (Å²) in [5.74, 6) is 0.878. The van der Waals surface area contributed by atoms with Gasteiger partial charge in [-0.15, -0.1) is 11.3 Å². The third-order valence-corrected chi connectivity index (χ3v) is 4.27. The van der Waals surface area contributed by atoms with Crippen molar-refractivity contribution in [2.75, 3.05) is 7.05 Å². The van der Waals surface area contributed by atoms with Gasteiger partial charge in [-0.1, -0.05) is 12.8 Å². The molecule has 5 nitrogen and oxygen atoms in total. The molecule has 2 N–H and O–H groups in total. The molecule has 2 heterocycles. The third kappa shape index (κ3) is 2.89. The number of hydrogen-bond donors (Lipinski definition) is 2. The van der Waals surface area contributed by atoms with E-state index in [-0.39, 0.29) is 0 Å². The summed E-state index contributed by atoms with van der Waals surface area (Å²) in [4.78, 5) is 9.86. The van der Waals surface area contributed by atoms with E-state index in [1.807, 2.05) is 18.6 Å². The van der Waals surface area contributed by atoms with E-state index in [1.165, 1.54) is 25.7 Å². The van der Waals surface area contributed by atoms with Crippen LogP contribution < -0.4 is 10.6 Å². The monoisotopic (exact) mass is 277 g/mol. The van der Waals surface area contributed by atoms with Crippen molar-refractivity contribution in [2.24, 2.45) is 4.99 Å². The van der Waals surface area contributed by atoms with Gasteiger partial charge in [-0.25, -0.2) is 4.98 Å². The molecule has 6 heteroatoms. The minimum absolute atomic E-state index is 0.580. The molecule has 0 aliphatic heterocycles. The summed E-state index contributed by atoms with van der Waals surface area (Å²) in [6.07, 6.45) is 9.24. The second-order valence-corrected chi connectivity index (χ2v) is 5.75. The minimum Gasteiger partial charge on any atom is -0.354 e. The largest absolute Gasteiger partial charge is 0.354 e. The van der Waals surface area contributed by atoms with Gasteiger partial charge < -0.3 is 10.6 Å². The van der Waals surface area contributed by atoms with E-state index in [4.69, 9.17) is 0 Å². The standard InChI is InChI=1S/C13H19N5S/c1-14-12(16-10-4-2-3-5-10)15-8-11-9-18-6-7-19-13(18)17-11/h6-7,9-10H,2-5,8H2,1H3,(H2,14,15,16). The third-order valence-electron chi connectivity index (χ3n) is 3.50. The fraction of sp³-hybridized carbons (Fsp3) is 0.538. The van der Waals surface area contributed by atoms with Crippen LogP contribution in [0.25, 0.3) is 4.96 Å². The first-order chi connectivity index (χ1) is 9.35. The van der Waals surface area contributed by atoms with Crippen LogP contribution in [-0.4, -0.2) is 28.4 Å². The van der Waals surface area contributed by atoms with Crippen LogP contribution in [0.5, 0.6) is 0 Å². The molecule has 0 saturated heterocycles. The Morgan fingerprint density at radius 1 is 1.53 bits per heavy atom. The summed E-state index contributed by atoms with van der Waals surface area (Å²) in [5.41, 5.74) is 1.04. The molecule has 1 fully saturated rings. The van der Waals surface area contributed by atoms with Crippen LogP contribution in [0.1, 0.15) is 31.4 Å². The Bertz CT molecular complexity index is 536. The second-order valence-electron chi connectivity index (χ2n) is 4.88. The summed E-state index contributed by atoms with van der Waals surface area (Å²) in [6.45, 7) is 0.709. The highest BCUT2D eigenvalue weighted by molar-refractivity contribution is 7.15. The Balaban J connectivity index is 1.56. The number of rotatable bonds is 3. The lowest BCUT2D eigenvalue weighted by Gasteiger charge is -2.16. The van der Waals surface area contributed by atoms with Gasteiger partial charge in [-0.2, -0.15) is 0 Å². The van der Waals surface area contributed by atoms with Crippen LogP contribution in [0.4, 0.5) is 0 Å². The number of nitrogens with one attached hydrogen (secondary N) is 2. The molecule has 0 bridgehead atoms. The minimum atomic E-state index is 0.580. The van der Waals surface area contributed by atoms with Crippen molar-refractivity contribution < 1.29 is 0 Å². The quantitative estimate of drug-likeness (QED) is 0.666. The number of thiazole rings is 1. The van der Waals surface area contributed by atoms with Crippen molar-refractivity contribution >= 4 is 22.3 Å². The van der Waals surface area contributed by atoms with Crippen LogP contribution in [0.2, 0.25) is 0 Å². The van der Waals surface area contributed by atoms with E-state index in [0.717, 1.165) is 16.6 Å². The highest BCUT2D eigenvalue weighted by Gasteiger charge is 2.15. The zero-order valence-electron chi connectivity index (χ0n) is 11.1. The van der Waals surface area contributed by atoms with E-state index in [1.54, 1.807) is 11.3 Å². The van der Waals surface area contributed by atoms with Crippen molar-refractivity contribution in [1.29, 1.82) is 0 Å². The second kappa shape index (κ2) is 5.61. The number of aliphatic imine (C=N–C) groups is 1. The maximum atomic E-state index is 4.55. The highest BCUT2D eigenvalue weighted by Crippen LogP contribution is 2.17. The molecule has 102 valence electrons. The Hall–Kier alpha value is -1.56. The molecule has 1 aliphatic rings. The Morgan fingerprint density at radius 2 is 2.37 bits per heavy atom. The molecule has 0 spiro atoms. The molecular formula is C13H19N5S. The summed E-state index contributed by atoms with van der Waals surface area (Å²) < 4.78 is 2.05. The van der Waals surface area contributed by atoms with Crippen LogP contribution in [0.3, 0.4) is 0 Å². The van der Waals surface area contributed by atoms with Gasteiger partial charge >= 0.3 is 0 Å². The normalized spacial score (nSPS) is 17.2. The summed E-state index contributed by atoms with van der Waals surface area (Å²) in [5, 5.41) is 8.84. The van der Waals surface area contributed by atoms with E-state index >= 15 is 0 Å². The molecule has 2 aromatic rings. The molecule has 0 atom stereocenters. The van der Waals surface area contributed by atoms with E-state index in [2.05, 4.69) is 31.2 Å². The van der Waals surface area contributed by atoms with Crippen molar-refractivity contribution in [3.8, 4) is 0 Å². The zero-order valence-corrected chi connectivity index (χ0v) is 11.9. The van der Waals surface area contributed by atoms with Gasteiger partial charge in [0.05, 0.1) is 12.2 Å². The Kier molecular flexibility index (Phi) is 3.68. The maximum absolute atomic E-state index is 4.55. The molecule has 2 aromatic heterocycles. The molecule has 0 unspecified atom stereocenters. The first-order valence-corrected chi connectivity index (χ1v) is 7.61. The molecule has 19 heavy (non-hydrogen) atoms. The van der Waals surface area contributed by atoms with E-state index < -0.39 is 0 Å². The summed E-state index contributed by atoms with van der Waals surface area (Å²) in [6, 6.07) is 0.580. The van der Waals surface area contributed by atoms with Gasteiger partial charge in [0, 0.05) is 30.9 Å². The molecule has 0 amide bonds. The predicted molar refractivity (Wildman–Crippen MR) is 78.7 cm³/mol. The Labute approximate surface area is 116 Å². The van der Waals surface area contributed by atoms with Crippen LogP contribution >= 0.6 is 11.3 Å². The van der Waals surface area contributed by atoms with Crippen molar-refractivity contribution in [2.45, 2.75) is 38.3 Å². The Morgan fingerprint density at radius 3 is 3.11 bits per heavy atom. The van der Waals surface area contributed by atoms with Crippen molar-refractivity contribution in [1.82, 2.24) is 20.0 Å². The van der Waals surface area contributed by atoms with E-state index in [0.29, 0.717) is 12.6 Å². The molecule has 0 radical (unpaired) electrons. The number of imidazole rings is 1. The fourth-order valence-corrected chi connectivity index (χ4v) is 3.21. The highest BCUT2D eigenvalue weighted by atomic mass is 32.1. The lowest BCUT2D eigenvalue weighted by molar-refractivity contribution is 0.613. The van der Waals surface area contributed by atoms with Gasteiger partial charge in [-0.3, -0.25) is 9.39 Å². The smallest absolute Gasteiger partial charge is 0.193 e. The van der Waals surface area contributed by atoms with Crippen molar-refractivity contribution in [3.05, 3.63) is 23.5 Å². The first kappa shape index (κ1) is 12.5. The zero-order chi connectivity index (χ0) is 13.1. The number of nitrogens with zero attached hydrogens (tertiary/aromatic N) is 3. The lowest BCUT2D eigenvalue weighted by Crippen LogP contribution is -2.41. The van der Waals surface area contributed by atoms with Crippen LogP contribution in [0, 0.1) is 0 Å². The van der Waals surface area contributed by atoms with Gasteiger partial charge in [0.1, 0.15) is 0 Å². The first-order valence-electron chi connectivity index (χ1n) is 6.73. The van der Waals surface area contributed by atoms with Crippen LogP contribution in [-0.2, 0) is 6.54 Å². The topological polar surface area (TPSA) is 53.7 Å². The maximum Gasteiger partial charge on any atom is 0.193 e. The molecule has 1 aliphatic carbocycles. The molecule has 1 saturated carbocycles. The summed E-state index contributed by atoms with van der Waals surface area (Å²) in [7, 11) is 1.82. The van der Waals surface area contributed by atoms with Gasteiger partial charge in [0.15, 0.2) is 10.9 Å². The molecular weight excluding hydrogens is 258 g/mol. The number of aromatic nitrogens is 2. The molecule has 0 aromatic carbocycles. The average molecular weight is 277 g/mol. The van der Waals surface area contributed by atoms with Gasteiger partial charge in [0.2, 0.25) is 0 Å². The lowest BCUT2D eigenvalue weighted by atomic mass is 10.2. The van der Waals surface area contributed by atoms with Gasteiger partial charge in [-0.05, 0) is 12.8 Å². The number of fused-ring (bicyclic) bond motifs is 1. The SMILES string of the molecule is CN=C(NCc1cn2ccsc2n1)NC1CCCC1. The van der Waals surface area contributed by atoms with E-state index in [9.17, 15) is 0 Å². The van der Waals surface area contributed by atoms with Crippen LogP contribution in [0.15, 0.2) is 22.8 Å². The van der Waals surface area contributed by atoms with Crippen molar-refractivity contribution in [3.63, 3.8) is 0 Å².